The smallest absolute Gasteiger partial charge is 0.327 e. The largest absolute Gasteiger partial charge is 0.481 e. The highest BCUT2D eigenvalue weighted by Gasteiger charge is 2.41. The summed E-state index contributed by atoms with van der Waals surface area (Å²) in [5, 5.41) is 18.3. The van der Waals surface area contributed by atoms with Crippen LogP contribution in [-0.2, 0) is 14.4 Å². The minimum absolute atomic E-state index is 0.00375. The zero-order valence-electron chi connectivity index (χ0n) is 16.2. The lowest BCUT2D eigenvalue weighted by atomic mass is 10.0. The second kappa shape index (κ2) is 8.85. The number of benzene rings is 1. The van der Waals surface area contributed by atoms with E-state index in [0.29, 0.717) is 17.4 Å². The number of carboxylic acids is 2. The number of furan rings is 1. The predicted octanol–water partition coefficient (Wildman–Crippen LogP) is 4.20. The SMILES string of the molecule is CC(C)c1ccc(-c2ccc(/C=C3\SC(=S)N(C(CC(=O)O)C(=O)O)C3=O)o2)cc1. The molecule has 9 heteroatoms. The number of thiocarbonyl (C=S) groups is 1. The van der Waals surface area contributed by atoms with Gasteiger partial charge in [-0.1, -0.05) is 62.1 Å². The number of amides is 1. The molecule has 0 radical (unpaired) electrons. The van der Waals surface area contributed by atoms with Gasteiger partial charge >= 0.3 is 11.9 Å². The fourth-order valence-corrected chi connectivity index (χ4v) is 4.29. The molecule has 0 spiro atoms. The minimum Gasteiger partial charge on any atom is -0.481 e. The highest BCUT2D eigenvalue weighted by Crippen LogP contribution is 2.35. The summed E-state index contributed by atoms with van der Waals surface area (Å²) in [6, 6.07) is 9.89. The molecular formula is C21H19NO6S2. The van der Waals surface area contributed by atoms with E-state index in [-0.39, 0.29) is 9.23 Å². The lowest BCUT2D eigenvalue weighted by Crippen LogP contribution is -2.45. The molecule has 156 valence electrons. The molecule has 2 N–H and O–H groups in total. The van der Waals surface area contributed by atoms with Crippen molar-refractivity contribution in [1.29, 1.82) is 0 Å². The standard InChI is InChI=1S/C21H19NO6S2/c1-11(2)12-3-5-13(6-4-12)16-8-7-14(28-16)9-17-19(25)22(21(29)30-17)15(20(26)27)10-18(23)24/h3-9,11,15H,10H2,1-2H3,(H,23,24)(H,26,27)/b17-9-. The van der Waals surface area contributed by atoms with Crippen molar-refractivity contribution >= 4 is 52.2 Å². The number of carbonyl (C=O) groups is 3. The number of hydrogen-bond acceptors (Lipinski definition) is 6. The van der Waals surface area contributed by atoms with E-state index in [1.807, 2.05) is 24.3 Å². The van der Waals surface area contributed by atoms with Crippen LogP contribution >= 0.6 is 24.0 Å². The molecule has 1 unspecified atom stereocenters. The monoisotopic (exact) mass is 445 g/mol. The Kier molecular flexibility index (Phi) is 6.42. The molecule has 2 heterocycles. The Labute approximate surface area is 182 Å². The van der Waals surface area contributed by atoms with E-state index in [1.54, 1.807) is 12.1 Å². The number of rotatable bonds is 7. The van der Waals surface area contributed by atoms with Gasteiger partial charge in [-0.2, -0.15) is 0 Å². The van der Waals surface area contributed by atoms with E-state index < -0.39 is 30.3 Å². The van der Waals surface area contributed by atoms with Gasteiger partial charge in [-0.3, -0.25) is 14.5 Å². The van der Waals surface area contributed by atoms with E-state index >= 15 is 0 Å². The van der Waals surface area contributed by atoms with E-state index in [0.717, 1.165) is 22.2 Å². The van der Waals surface area contributed by atoms with Gasteiger partial charge in [-0.05, 0) is 23.6 Å². The molecule has 0 bridgehead atoms. The van der Waals surface area contributed by atoms with Crippen LogP contribution in [0.2, 0.25) is 0 Å². The molecule has 3 rings (SSSR count). The summed E-state index contributed by atoms with van der Waals surface area (Å²) in [5.41, 5.74) is 2.10. The number of carbonyl (C=O) groups excluding carboxylic acids is 1. The lowest BCUT2D eigenvalue weighted by molar-refractivity contribution is -0.150. The average Bonchev–Trinajstić information content (AvgIpc) is 3.25. The van der Waals surface area contributed by atoms with Crippen molar-refractivity contribution in [2.75, 3.05) is 0 Å². The van der Waals surface area contributed by atoms with Crippen LogP contribution in [0.15, 0.2) is 45.7 Å². The second-order valence-corrected chi connectivity index (χ2v) is 8.66. The summed E-state index contributed by atoms with van der Waals surface area (Å²) in [6.45, 7) is 4.23. The third-order valence-electron chi connectivity index (χ3n) is 4.55. The average molecular weight is 446 g/mol. The highest BCUT2D eigenvalue weighted by molar-refractivity contribution is 8.26. The molecule has 1 amide bonds. The molecule has 1 atom stereocenters. The molecule has 1 aromatic carbocycles. The van der Waals surface area contributed by atoms with Gasteiger partial charge in [0.2, 0.25) is 0 Å². The molecule has 0 saturated carbocycles. The van der Waals surface area contributed by atoms with E-state index in [4.69, 9.17) is 21.7 Å². The summed E-state index contributed by atoms with van der Waals surface area (Å²) in [7, 11) is 0. The molecule has 1 aliphatic rings. The fraction of sp³-hybridized carbons (Fsp3) is 0.238. The van der Waals surface area contributed by atoms with Crippen LogP contribution in [-0.4, -0.2) is 43.3 Å². The molecule has 30 heavy (non-hydrogen) atoms. The summed E-state index contributed by atoms with van der Waals surface area (Å²) in [4.78, 5) is 36.1. The molecule has 1 fully saturated rings. The van der Waals surface area contributed by atoms with Crippen LogP contribution < -0.4 is 0 Å². The van der Waals surface area contributed by atoms with Crippen LogP contribution in [0.4, 0.5) is 0 Å². The number of hydrogen-bond donors (Lipinski definition) is 2. The van der Waals surface area contributed by atoms with Crippen LogP contribution in [0.3, 0.4) is 0 Å². The lowest BCUT2D eigenvalue weighted by Gasteiger charge is -2.21. The summed E-state index contributed by atoms with van der Waals surface area (Å²) >= 11 is 6.03. The van der Waals surface area contributed by atoms with Crippen LogP contribution in [0, 0.1) is 0 Å². The Morgan fingerprint density at radius 3 is 2.40 bits per heavy atom. The van der Waals surface area contributed by atoms with Crippen LogP contribution in [0.25, 0.3) is 17.4 Å². The first-order valence-corrected chi connectivity index (χ1v) is 10.3. The van der Waals surface area contributed by atoms with E-state index in [2.05, 4.69) is 13.8 Å². The highest BCUT2D eigenvalue weighted by atomic mass is 32.2. The van der Waals surface area contributed by atoms with Crippen molar-refractivity contribution in [2.24, 2.45) is 0 Å². The van der Waals surface area contributed by atoms with Gasteiger partial charge in [-0.25, -0.2) is 4.79 Å². The van der Waals surface area contributed by atoms with Crippen molar-refractivity contribution in [2.45, 2.75) is 32.2 Å². The molecular weight excluding hydrogens is 426 g/mol. The second-order valence-electron chi connectivity index (χ2n) is 6.98. The van der Waals surface area contributed by atoms with Crippen molar-refractivity contribution < 1.29 is 29.0 Å². The van der Waals surface area contributed by atoms with Gasteiger partial charge < -0.3 is 14.6 Å². The minimum atomic E-state index is -1.56. The maximum absolute atomic E-state index is 12.7. The quantitative estimate of drug-likeness (QED) is 0.482. The topological polar surface area (TPSA) is 108 Å². The maximum Gasteiger partial charge on any atom is 0.327 e. The Balaban J connectivity index is 1.82. The normalized spacial score (nSPS) is 16.5. The number of thioether (sulfide) groups is 1. The Morgan fingerprint density at radius 1 is 1.17 bits per heavy atom. The Morgan fingerprint density at radius 2 is 1.83 bits per heavy atom. The third-order valence-corrected chi connectivity index (χ3v) is 5.88. The summed E-state index contributed by atoms with van der Waals surface area (Å²) in [6.07, 6.45) is 0.733. The zero-order chi connectivity index (χ0) is 22.0. The molecule has 2 aromatic rings. The van der Waals surface area contributed by atoms with Gasteiger partial charge in [0.1, 0.15) is 21.9 Å². The first kappa shape index (κ1) is 21.8. The van der Waals surface area contributed by atoms with Crippen LogP contribution in [0.1, 0.15) is 37.5 Å². The van der Waals surface area contributed by atoms with E-state index in [1.165, 1.54) is 11.6 Å². The van der Waals surface area contributed by atoms with Crippen molar-refractivity contribution in [3.63, 3.8) is 0 Å². The molecule has 1 aromatic heterocycles. The van der Waals surface area contributed by atoms with Gasteiger partial charge in [0.25, 0.3) is 5.91 Å². The third kappa shape index (κ3) is 4.63. The Hall–Kier alpha value is -2.91. The number of aliphatic carboxylic acids is 2. The zero-order valence-corrected chi connectivity index (χ0v) is 17.8. The summed E-state index contributed by atoms with van der Waals surface area (Å²) in [5.74, 6) is -1.97. The van der Waals surface area contributed by atoms with Gasteiger partial charge in [0, 0.05) is 11.6 Å². The van der Waals surface area contributed by atoms with Gasteiger partial charge in [-0.15, -0.1) is 0 Å². The van der Waals surface area contributed by atoms with E-state index in [9.17, 15) is 19.5 Å². The van der Waals surface area contributed by atoms with Gasteiger partial charge in [0.05, 0.1) is 11.3 Å². The molecule has 1 saturated heterocycles. The van der Waals surface area contributed by atoms with Crippen molar-refractivity contribution in [1.82, 2.24) is 4.90 Å². The predicted molar refractivity (Wildman–Crippen MR) is 117 cm³/mol. The molecule has 7 nitrogen and oxygen atoms in total. The molecule has 1 aliphatic heterocycles. The number of carboxylic acid groups (broad SMARTS) is 2. The first-order valence-electron chi connectivity index (χ1n) is 9.09. The van der Waals surface area contributed by atoms with Crippen LogP contribution in [0.5, 0.6) is 0 Å². The first-order chi connectivity index (χ1) is 14.2. The van der Waals surface area contributed by atoms with Crippen molar-refractivity contribution in [3.05, 3.63) is 52.6 Å². The summed E-state index contributed by atoms with van der Waals surface area (Å²) < 4.78 is 5.81. The maximum atomic E-state index is 12.7. The van der Waals surface area contributed by atoms with Crippen molar-refractivity contribution in [3.8, 4) is 11.3 Å². The fourth-order valence-electron chi connectivity index (χ4n) is 2.95. The van der Waals surface area contributed by atoms with Gasteiger partial charge in [0.15, 0.2) is 0 Å². The molecule has 0 aliphatic carbocycles. The number of nitrogens with zero attached hydrogens (tertiary/aromatic N) is 1. The Bertz CT molecular complexity index is 1040.